The Morgan fingerprint density at radius 2 is 1.35 bits per heavy atom. The molecule has 0 radical (unpaired) electrons. The zero-order valence-corrected chi connectivity index (χ0v) is 15.8. The topological polar surface area (TPSA) is 35.2 Å². The van der Waals surface area contributed by atoms with Crippen molar-refractivity contribution < 1.29 is 4.43 Å². The molecule has 0 bridgehead atoms. The summed E-state index contributed by atoms with van der Waals surface area (Å²) in [7, 11) is -2.38. The van der Waals surface area contributed by atoms with Gasteiger partial charge in [0.05, 0.1) is 0 Å². The van der Waals surface area contributed by atoms with Crippen molar-refractivity contribution in [1.82, 2.24) is 0 Å². The van der Waals surface area contributed by atoms with Crippen LogP contribution in [0.4, 0.5) is 0 Å². The van der Waals surface area contributed by atoms with Gasteiger partial charge in [0.25, 0.3) is 8.32 Å². The quantitative estimate of drug-likeness (QED) is 0.827. The van der Waals surface area contributed by atoms with Crippen LogP contribution in [-0.2, 0) is 4.43 Å². The van der Waals surface area contributed by atoms with Crippen LogP contribution in [0.5, 0.6) is 0 Å². The average Bonchev–Trinajstić information content (AvgIpc) is 2.56. The van der Waals surface area contributed by atoms with Crippen molar-refractivity contribution in [1.29, 1.82) is 0 Å². The summed E-state index contributed by atoms with van der Waals surface area (Å²) in [6, 6.07) is 21.5. The van der Waals surface area contributed by atoms with Gasteiger partial charge in [-0.2, -0.15) is 0 Å². The first-order chi connectivity index (χ1) is 10.9. The van der Waals surface area contributed by atoms with Crippen LogP contribution >= 0.6 is 0 Å². The molecule has 0 spiro atoms. The van der Waals surface area contributed by atoms with Gasteiger partial charge in [0, 0.05) is 6.61 Å². The summed E-state index contributed by atoms with van der Waals surface area (Å²) in [5.74, 6) is 0.358. The van der Waals surface area contributed by atoms with Gasteiger partial charge in [0.15, 0.2) is 0 Å². The molecule has 2 aromatic rings. The van der Waals surface area contributed by atoms with Gasteiger partial charge < -0.3 is 10.2 Å². The standard InChI is InChI=1S/C20H29NOSi/c1-17(15-21)16-22-23(20(2,3)4,18-11-7-5-8-12-18)19-13-9-6-10-14-19/h5-14,17H,15-16,21H2,1-4H3/t17-/m0/s1. The van der Waals surface area contributed by atoms with Crippen molar-refractivity contribution >= 4 is 18.7 Å². The van der Waals surface area contributed by atoms with E-state index in [1.165, 1.54) is 10.4 Å². The Bertz CT molecular complexity index is 553. The van der Waals surface area contributed by atoms with Crippen molar-refractivity contribution in [3.05, 3.63) is 60.7 Å². The van der Waals surface area contributed by atoms with Gasteiger partial charge in [-0.25, -0.2) is 0 Å². The van der Waals surface area contributed by atoms with Gasteiger partial charge >= 0.3 is 0 Å². The summed E-state index contributed by atoms with van der Waals surface area (Å²) < 4.78 is 6.78. The summed E-state index contributed by atoms with van der Waals surface area (Å²) in [6.45, 7) is 10.4. The molecule has 2 N–H and O–H groups in total. The summed E-state index contributed by atoms with van der Waals surface area (Å²) in [4.78, 5) is 0. The zero-order valence-electron chi connectivity index (χ0n) is 14.8. The third kappa shape index (κ3) is 3.74. The van der Waals surface area contributed by atoms with E-state index < -0.39 is 8.32 Å². The van der Waals surface area contributed by atoms with Gasteiger partial charge in [-0.05, 0) is 27.9 Å². The fourth-order valence-electron chi connectivity index (χ4n) is 3.10. The van der Waals surface area contributed by atoms with Crippen LogP contribution in [0, 0.1) is 5.92 Å². The van der Waals surface area contributed by atoms with Crippen molar-refractivity contribution in [3.8, 4) is 0 Å². The number of rotatable bonds is 6. The molecule has 0 aliphatic heterocycles. The SMILES string of the molecule is C[C@@H](CN)CO[Si](c1ccccc1)(c1ccccc1)C(C)(C)C. The second kappa shape index (κ2) is 7.43. The number of hydrogen-bond donors (Lipinski definition) is 1. The third-order valence-electron chi connectivity index (χ3n) is 4.40. The summed E-state index contributed by atoms with van der Waals surface area (Å²) >= 11 is 0. The maximum atomic E-state index is 6.78. The van der Waals surface area contributed by atoms with Crippen LogP contribution in [0.1, 0.15) is 27.7 Å². The lowest BCUT2D eigenvalue weighted by atomic mass is 10.2. The molecule has 3 heteroatoms. The highest BCUT2D eigenvalue weighted by atomic mass is 28.4. The Morgan fingerprint density at radius 3 is 1.70 bits per heavy atom. The largest absolute Gasteiger partial charge is 0.407 e. The second-order valence-electron chi connectivity index (χ2n) is 7.32. The fourth-order valence-corrected chi connectivity index (χ4v) is 7.79. The molecule has 0 aromatic heterocycles. The van der Waals surface area contributed by atoms with Crippen LogP contribution < -0.4 is 16.1 Å². The minimum atomic E-state index is -2.38. The van der Waals surface area contributed by atoms with Gasteiger partial charge in [-0.1, -0.05) is 88.4 Å². The smallest absolute Gasteiger partial charge is 0.261 e. The van der Waals surface area contributed by atoms with Crippen LogP contribution in [0.3, 0.4) is 0 Å². The minimum Gasteiger partial charge on any atom is -0.407 e. The van der Waals surface area contributed by atoms with E-state index in [9.17, 15) is 0 Å². The van der Waals surface area contributed by atoms with E-state index in [2.05, 4.69) is 88.4 Å². The second-order valence-corrected chi connectivity index (χ2v) is 11.6. The van der Waals surface area contributed by atoms with Gasteiger partial charge in [0.2, 0.25) is 0 Å². The van der Waals surface area contributed by atoms with Crippen molar-refractivity contribution in [2.24, 2.45) is 11.7 Å². The number of hydrogen-bond acceptors (Lipinski definition) is 2. The highest BCUT2D eigenvalue weighted by molar-refractivity contribution is 6.99. The lowest BCUT2D eigenvalue weighted by molar-refractivity contribution is 0.248. The molecule has 0 amide bonds. The monoisotopic (exact) mass is 327 g/mol. The minimum absolute atomic E-state index is 0.0318. The van der Waals surface area contributed by atoms with Crippen molar-refractivity contribution in [2.75, 3.05) is 13.2 Å². The highest BCUT2D eigenvalue weighted by Gasteiger charge is 2.50. The molecule has 2 aromatic carbocycles. The van der Waals surface area contributed by atoms with Gasteiger partial charge in [0.1, 0.15) is 0 Å². The molecule has 0 saturated carbocycles. The van der Waals surface area contributed by atoms with Crippen LogP contribution in [0.25, 0.3) is 0 Å². The predicted octanol–water partition coefficient (Wildman–Crippen LogP) is 3.16. The van der Waals surface area contributed by atoms with Crippen LogP contribution in [-0.4, -0.2) is 21.5 Å². The molecule has 0 heterocycles. The van der Waals surface area contributed by atoms with Gasteiger partial charge in [-0.15, -0.1) is 0 Å². The van der Waals surface area contributed by atoms with Crippen molar-refractivity contribution in [3.63, 3.8) is 0 Å². The van der Waals surface area contributed by atoms with E-state index in [0.717, 1.165) is 0 Å². The molecule has 124 valence electrons. The molecule has 0 saturated heterocycles. The summed E-state index contributed by atoms with van der Waals surface area (Å²) in [5, 5.41) is 2.68. The normalized spacial score (nSPS) is 13.8. The lowest BCUT2D eigenvalue weighted by Gasteiger charge is -2.43. The Labute approximate surface area is 141 Å². The van der Waals surface area contributed by atoms with Crippen molar-refractivity contribution in [2.45, 2.75) is 32.7 Å². The first-order valence-electron chi connectivity index (χ1n) is 8.37. The first-order valence-corrected chi connectivity index (χ1v) is 10.3. The zero-order chi connectivity index (χ0) is 16.9. The van der Waals surface area contributed by atoms with Crippen LogP contribution in [0.2, 0.25) is 5.04 Å². The number of benzene rings is 2. The van der Waals surface area contributed by atoms with E-state index in [-0.39, 0.29) is 5.04 Å². The molecule has 0 fully saturated rings. The van der Waals surface area contributed by atoms with E-state index in [4.69, 9.17) is 10.2 Å². The van der Waals surface area contributed by atoms with Crippen LogP contribution in [0.15, 0.2) is 60.7 Å². The van der Waals surface area contributed by atoms with E-state index >= 15 is 0 Å². The molecule has 23 heavy (non-hydrogen) atoms. The lowest BCUT2D eigenvalue weighted by Crippen LogP contribution is -2.67. The molecule has 1 atom stereocenters. The summed E-state index contributed by atoms with van der Waals surface area (Å²) in [6.07, 6.45) is 0. The van der Waals surface area contributed by atoms with E-state index in [1.54, 1.807) is 0 Å². The van der Waals surface area contributed by atoms with E-state index in [0.29, 0.717) is 19.1 Å². The fraction of sp³-hybridized carbons (Fsp3) is 0.400. The Kier molecular flexibility index (Phi) is 5.79. The van der Waals surface area contributed by atoms with Gasteiger partial charge in [-0.3, -0.25) is 0 Å². The molecule has 0 unspecified atom stereocenters. The molecule has 0 aliphatic rings. The number of nitrogens with two attached hydrogens (primary N) is 1. The highest BCUT2D eigenvalue weighted by Crippen LogP contribution is 2.36. The summed E-state index contributed by atoms with van der Waals surface area (Å²) in [5.41, 5.74) is 5.82. The Balaban J connectivity index is 2.60. The maximum Gasteiger partial charge on any atom is 0.261 e. The Morgan fingerprint density at radius 1 is 0.913 bits per heavy atom. The molecule has 0 aliphatic carbocycles. The molecular weight excluding hydrogens is 298 g/mol. The first kappa shape index (κ1) is 17.9. The predicted molar refractivity (Wildman–Crippen MR) is 102 cm³/mol. The molecule has 2 nitrogen and oxygen atoms in total. The molecule has 2 rings (SSSR count). The average molecular weight is 328 g/mol. The molecular formula is C20H29NOSi. The van der Waals surface area contributed by atoms with E-state index in [1.807, 2.05) is 0 Å². The maximum absolute atomic E-state index is 6.78. The third-order valence-corrected chi connectivity index (χ3v) is 9.41. The Hall–Kier alpha value is -1.42.